The zero-order chi connectivity index (χ0) is 13.7. The van der Waals surface area contributed by atoms with Crippen LogP contribution < -0.4 is 10.6 Å². The summed E-state index contributed by atoms with van der Waals surface area (Å²) in [6.45, 7) is 2.23. The van der Waals surface area contributed by atoms with Crippen molar-refractivity contribution in [1.82, 2.24) is 5.32 Å². The zero-order valence-corrected chi connectivity index (χ0v) is 11.2. The fraction of sp³-hybridized carbons (Fsp3) is 0.312. The molecule has 1 amide bonds. The maximum absolute atomic E-state index is 12.1. The van der Waals surface area contributed by atoms with E-state index in [9.17, 15) is 4.79 Å². The van der Waals surface area contributed by atoms with E-state index in [2.05, 4.69) is 17.6 Å². The Morgan fingerprint density at radius 2 is 1.85 bits per heavy atom. The number of anilines is 1. The van der Waals surface area contributed by atoms with E-state index in [1.807, 2.05) is 36.4 Å². The van der Waals surface area contributed by atoms with Crippen LogP contribution in [0.4, 0.5) is 5.69 Å². The van der Waals surface area contributed by atoms with Crippen molar-refractivity contribution in [2.24, 2.45) is 5.92 Å². The molecular formula is C16H16N2O2. The van der Waals surface area contributed by atoms with Crippen LogP contribution >= 0.6 is 0 Å². The van der Waals surface area contributed by atoms with Crippen LogP contribution in [0.15, 0.2) is 40.8 Å². The smallest absolute Gasteiger partial charge is 0.255 e. The van der Waals surface area contributed by atoms with E-state index >= 15 is 0 Å². The van der Waals surface area contributed by atoms with Gasteiger partial charge in [0.05, 0.1) is 5.56 Å². The molecule has 2 aliphatic rings. The second kappa shape index (κ2) is 4.13. The monoisotopic (exact) mass is 268 g/mol. The molecule has 20 heavy (non-hydrogen) atoms. The summed E-state index contributed by atoms with van der Waals surface area (Å²) in [5, 5.41) is 6.23. The summed E-state index contributed by atoms with van der Waals surface area (Å²) < 4.78 is 5.90. The molecule has 0 radical (unpaired) electrons. The molecule has 1 aliphatic heterocycles. The van der Waals surface area contributed by atoms with Crippen molar-refractivity contribution in [3.8, 4) is 0 Å². The van der Waals surface area contributed by atoms with Gasteiger partial charge in [0.2, 0.25) is 0 Å². The van der Waals surface area contributed by atoms with Crippen LogP contribution in [-0.4, -0.2) is 5.91 Å². The first kappa shape index (κ1) is 11.6. The lowest BCUT2D eigenvalue weighted by atomic mass is 10.1. The quantitative estimate of drug-likeness (QED) is 0.879. The second-order valence-electron chi connectivity index (χ2n) is 5.66. The zero-order valence-electron chi connectivity index (χ0n) is 11.2. The minimum atomic E-state index is -0.291. The van der Waals surface area contributed by atoms with Gasteiger partial charge in [-0.25, -0.2) is 0 Å². The standard InChI is InChI=1S/C16H16N2O2/c1-9-8-11(9)13-6-7-14(20-13)15-17-12-5-3-2-4-10(12)16(19)18-15/h2-7,9,11,15,17H,8H2,1H3,(H,18,19). The molecule has 1 aromatic heterocycles. The number of hydrogen-bond donors (Lipinski definition) is 2. The third-order valence-corrected chi connectivity index (χ3v) is 4.15. The molecule has 2 aromatic rings. The van der Waals surface area contributed by atoms with Crippen LogP contribution in [0.5, 0.6) is 0 Å². The highest BCUT2D eigenvalue weighted by Gasteiger charge is 2.37. The lowest BCUT2D eigenvalue weighted by Gasteiger charge is -2.26. The Balaban J connectivity index is 1.61. The molecule has 4 rings (SSSR count). The van der Waals surface area contributed by atoms with E-state index in [1.54, 1.807) is 0 Å². The van der Waals surface area contributed by atoms with Gasteiger partial charge >= 0.3 is 0 Å². The largest absolute Gasteiger partial charge is 0.462 e. The van der Waals surface area contributed by atoms with Crippen molar-refractivity contribution in [2.75, 3.05) is 5.32 Å². The molecule has 0 bridgehead atoms. The predicted molar refractivity (Wildman–Crippen MR) is 75.5 cm³/mol. The molecule has 1 fully saturated rings. The van der Waals surface area contributed by atoms with E-state index in [0.717, 1.165) is 17.2 Å². The molecule has 1 saturated carbocycles. The summed E-state index contributed by atoms with van der Waals surface area (Å²) in [5.41, 5.74) is 1.52. The highest BCUT2D eigenvalue weighted by Crippen LogP contribution is 2.47. The Hall–Kier alpha value is -2.23. The number of carbonyl (C=O) groups is 1. The average Bonchev–Trinajstić information content (AvgIpc) is 3.00. The number of benzene rings is 1. The van der Waals surface area contributed by atoms with Gasteiger partial charge in [-0.3, -0.25) is 4.79 Å². The topological polar surface area (TPSA) is 54.3 Å². The Kier molecular flexibility index (Phi) is 2.39. The third-order valence-electron chi connectivity index (χ3n) is 4.15. The second-order valence-corrected chi connectivity index (χ2v) is 5.66. The highest BCUT2D eigenvalue weighted by molar-refractivity contribution is 6.01. The van der Waals surface area contributed by atoms with Crippen molar-refractivity contribution in [3.05, 3.63) is 53.5 Å². The van der Waals surface area contributed by atoms with Crippen molar-refractivity contribution in [3.63, 3.8) is 0 Å². The van der Waals surface area contributed by atoms with Gasteiger partial charge in [0, 0.05) is 11.6 Å². The summed E-state index contributed by atoms with van der Waals surface area (Å²) in [6, 6.07) is 11.5. The van der Waals surface area contributed by atoms with E-state index in [4.69, 9.17) is 4.42 Å². The summed E-state index contributed by atoms with van der Waals surface area (Å²) in [4.78, 5) is 12.1. The first-order valence-electron chi connectivity index (χ1n) is 6.98. The van der Waals surface area contributed by atoms with E-state index < -0.39 is 0 Å². The normalized spacial score (nSPS) is 27.4. The van der Waals surface area contributed by atoms with Crippen LogP contribution in [0.2, 0.25) is 0 Å². The Labute approximate surface area is 117 Å². The Bertz CT molecular complexity index is 677. The van der Waals surface area contributed by atoms with Crippen LogP contribution in [-0.2, 0) is 0 Å². The van der Waals surface area contributed by atoms with Gasteiger partial charge in [-0.1, -0.05) is 19.1 Å². The highest BCUT2D eigenvalue weighted by atomic mass is 16.3. The van der Waals surface area contributed by atoms with E-state index in [1.165, 1.54) is 6.42 Å². The maximum Gasteiger partial charge on any atom is 0.255 e. The maximum atomic E-state index is 12.1. The number of rotatable bonds is 2. The number of para-hydroxylation sites is 1. The van der Waals surface area contributed by atoms with E-state index in [0.29, 0.717) is 17.4 Å². The minimum Gasteiger partial charge on any atom is -0.462 e. The number of carbonyl (C=O) groups excluding carboxylic acids is 1. The minimum absolute atomic E-state index is 0.0675. The molecular weight excluding hydrogens is 252 g/mol. The summed E-state index contributed by atoms with van der Waals surface area (Å²) in [7, 11) is 0. The molecule has 4 nitrogen and oxygen atoms in total. The SMILES string of the molecule is CC1CC1c1ccc(C2NC(=O)c3ccccc3N2)o1. The molecule has 0 saturated heterocycles. The molecule has 2 heterocycles. The summed E-state index contributed by atoms with van der Waals surface area (Å²) in [6.07, 6.45) is 0.903. The summed E-state index contributed by atoms with van der Waals surface area (Å²) >= 11 is 0. The molecule has 102 valence electrons. The lowest BCUT2D eigenvalue weighted by Crippen LogP contribution is -2.38. The Morgan fingerprint density at radius 1 is 1.10 bits per heavy atom. The molecule has 3 atom stereocenters. The fourth-order valence-electron chi connectivity index (χ4n) is 2.79. The van der Waals surface area contributed by atoms with E-state index in [-0.39, 0.29) is 12.1 Å². The van der Waals surface area contributed by atoms with Crippen molar-refractivity contribution in [2.45, 2.75) is 25.4 Å². The fourth-order valence-corrected chi connectivity index (χ4v) is 2.79. The average molecular weight is 268 g/mol. The number of amides is 1. The predicted octanol–water partition coefficient (Wildman–Crippen LogP) is 3.26. The molecule has 3 unspecified atom stereocenters. The van der Waals surface area contributed by atoms with Crippen LogP contribution in [0, 0.1) is 5.92 Å². The van der Waals surface area contributed by atoms with Gasteiger partial charge in [-0.2, -0.15) is 0 Å². The first-order chi connectivity index (χ1) is 9.72. The number of fused-ring (bicyclic) bond motifs is 1. The van der Waals surface area contributed by atoms with Gasteiger partial charge in [0.25, 0.3) is 5.91 Å². The van der Waals surface area contributed by atoms with Gasteiger partial charge in [0.15, 0.2) is 6.17 Å². The van der Waals surface area contributed by atoms with Crippen molar-refractivity contribution < 1.29 is 9.21 Å². The molecule has 1 aliphatic carbocycles. The van der Waals surface area contributed by atoms with Gasteiger partial charge in [-0.15, -0.1) is 0 Å². The summed E-state index contributed by atoms with van der Waals surface area (Å²) in [5.74, 6) is 2.99. The van der Waals surface area contributed by atoms with Crippen molar-refractivity contribution in [1.29, 1.82) is 0 Å². The third kappa shape index (κ3) is 1.80. The first-order valence-corrected chi connectivity index (χ1v) is 6.98. The van der Waals surface area contributed by atoms with Crippen molar-refractivity contribution >= 4 is 11.6 Å². The van der Waals surface area contributed by atoms with Gasteiger partial charge < -0.3 is 15.1 Å². The molecule has 4 heteroatoms. The molecule has 1 aromatic carbocycles. The Morgan fingerprint density at radius 3 is 2.65 bits per heavy atom. The molecule has 0 spiro atoms. The number of hydrogen-bond acceptors (Lipinski definition) is 3. The van der Waals surface area contributed by atoms with Crippen LogP contribution in [0.1, 0.15) is 47.3 Å². The van der Waals surface area contributed by atoms with Gasteiger partial charge in [-0.05, 0) is 36.6 Å². The molecule has 2 N–H and O–H groups in total. The number of furan rings is 1. The van der Waals surface area contributed by atoms with Crippen LogP contribution in [0.3, 0.4) is 0 Å². The number of nitrogens with one attached hydrogen (secondary N) is 2. The van der Waals surface area contributed by atoms with Crippen LogP contribution in [0.25, 0.3) is 0 Å². The lowest BCUT2D eigenvalue weighted by molar-refractivity contribution is 0.0930. The van der Waals surface area contributed by atoms with Gasteiger partial charge in [0.1, 0.15) is 11.5 Å².